The molecular weight excluding hydrogens is 76.1 g/mol. The molecule has 1 nitrogen and oxygen atoms in total. The summed E-state index contributed by atoms with van der Waals surface area (Å²) >= 11 is 0. The van der Waals surface area contributed by atoms with E-state index < -0.39 is 0 Å². The smallest absolute Gasteiger partial charge is 0.0540 e. The lowest BCUT2D eigenvalue weighted by molar-refractivity contribution is 0.115. The molecule has 0 rings (SSSR count). The van der Waals surface area contributed by atoms with Crippen LogP contribution in [0.15, 0.2) is 0 Å². The van der Waals surface area contributed by atoms with E-state index in [1.54, 1.807) is 7.11 Å². The third kappa shape index (κ3) is 2.21. The summed E-state index contributed by atoms with van der Waals surface area (Å²) in [4.78, 5) is 0. The summed E-state index contributed by atoms with van der Waals surface area (Å²) in [5.74, 6) is 0. The highest BCUT2D eigenvalue weighted by molar-refractivity contribution is 4.38. The van der Waals surface area contributed by atoms with Gasteiger partial charge in [0.25, 0.3) is 0 Å². The first-order valence-electron chi connectivity index (χ1n) is 2.34. The molecule has 38 valence electrons. The Morgan fingerprint density at radius 3 is 2.17 bits per heavy atom. The van der Waals surface area contributed by atoms with Crippen LogP contribution < -0.4 is 0 Å². The van der Waals surface area contributed by atoms with E-state index in [9.17, 15) is 0 Å². The summed E-state index contributed by atoms with van der Waals surface area (Å²) in [6.45, 7) is 4.16. The Kier molecular flexibility index (Phi) is 3.14. The Morgan fingerprint density at radius 1 is 1.67 bits per heavy atom. The largest absolute Gasteiger partial charge is 0.382 e. The Bertz CT molecular complexity index is 23.1. The van der Waals surface area contributed by atoms with Crippen LogP contribution in [0.4, 0.5) is 0 Å². The first-order valence-corrected chi connectivity index (χ1v) is 2.34. The maximum absolute atomic E-state index is 4.90. The van der Waals surface area contributed by atoms with Gasteiger partial charge in [-0.15, -0.1) is 0 Å². The lowest BCUT2D eigenvalue weighted by Gasteiger charge is -2.01. The van der Waals surface area contributed by atoms with Crippen LogP contribution in [0.25, 0.3) is 0 Å². The van der Waals surface area contributed by atoms with Crippen molar-refractivity contribution in [2.45, 2.75) is 26.4 Å². The van der Waals surface area contributed by atoms with Gasteiger partial charge in [-0.05, 0) is 13.3 Å². The van der Waals surface area contributed by atoms with Crippen LogP contribution in [-0.2, 0) is 4.74 Å². The van der Waals surface area contributed by atoms with Crippen LogP contribution in [0.3, 0.4) is 0 Å². The van der Waals surface area contributed by atoms with E-state index in [1.165, 1.54) is 0 Å². The summed E-state index contributed by atoms with van der Waals surface area (Å²) in [7, 11) is 1.73. The van der Waals surface area contributed by atoms with Crippen molar-refractivity contribution in [2.75, 3.05) is 7.11 Å². The van der Waals surface area contributed by atoms with Gasteiger partial charge in [-0.3, -0.25) is 0 Å². The molecule has 0 spiro atoms. The second-order valence-electron chi connectivity index (χ2n) is 1.45. The van der Waals surface area contributed by atoms with Gasteiger partial charge in [0.05, 0.1) is 6.10 Å². The normalized spacial score (nSPS) is 14.5. The van der Waals surface area contributed by atoms with Crippen molar-refractivity contribution < 1.29 is 4.74 Å². The molecule has 1 heteroatoms. The quantitative estimate of drug-likeness (QED) is 0.496. The van der Waals surface area contributed by atoms with E-state index in [0.29, 0.717) is 6.10 Å². The summed E-state index contributed by atoms with van der Waals surface area (Å²) in [6.07, 6.45) is 1.54. The minimum absolute atomic E-state index is 0.435. The Labute approximate surface area is 39.3 Å². The van der Waals surface area contributed by atoms with E-state index >= 15 is 0 Å². The van der Waals surface area contributed by atoms with Gasteiger partial charge in [-0.25, -0.2) is 0 Å². The van der Waals surface area contributed by atoms with Crippen LogP contribution in [0, 0.1) is 0 Å². The number of hydrogen-bond donors (Lipinski definition) is 0. The average Bonchev–Trinajstić information content (AvgIpc) is 1.65. The first kappa shape index (κ1) is 5.96. The Balaban J connectivity index is 2.75. The maximum atomic E-state index is 4.90. The molecule has 0 unspecified atom stereocenters. The number of hydrogen-bond acceptors (Lipinski definition) is 1. The fraction of sp³-hybridized carbons (Fsp3) is 1.00. The van der Waals surface area contributed by atoms with Crippen molar-refractivity contribution in [3.05, 3.63) is 0 Å². The molecule has 1 atom stereocenters. The average molecular weight is 88.1 g/mol. The number of rotatable bonds is 2. The minimum Gasteiger partial charge on any atom is -0.382 e. The molecule has 0 aromatic rings. The molecule has 0 heterocycles. The fourth-order valence-electron chi connectivity index (χ4n) is 0.167. The first-order chi connectivity index (χ1) is 2.81. The molecular formula is C5H12O. The molecule has 0 saturated carbocycles. The topological polar surface area (TPSA) is 9.23 Å². The highest BCUT2D eigenvalue weighted by atomic mass is 16.5. The van der Waals surface area contributed by atoms with Crippen LogP contribution >= 0.6 is 0 Å². The van der Waals surface area contributed by atoms with Gasteiger partial charge in [-0.1, -0.05) is 6.92 Å². The highest BCUT2D eigenvalue weighted by Crippen LogP contribution is 1.89. The summed E-state index contributed by atoms with van der Waals surface area (Å²) < 4.78 is 4.90. The van der Waals surface area contributed by atoms with Crippen molar-refractivity contribution in [3.63, 3.8) is 0 Å². The summed E-state index contributed by atoms with van der Waals surface area (Å²) in [6, 6.07) is 0. The van der Waals surface area contributed by atoms with Gasteiger partial charge >= 0.3 is 0 Å². The predicted octanol–water partition coefficient (Wildman–Crippen LogP) is 1.43. The molecule has 6 heavy (non-hydrogen) atoms. The Hall–Kier alpha value is -0.0400. The molecule has 0 fully saturated rings. The highest BCUT2D eigenvalue weighted by Gasteiger charge is 1.88. The monoisotopic (exact) mass is 88.1 g/mol. The van der Waals surface area contributed by atoms with Gasteiger partial charge < -0.3 is 4.74 Å². The standard InChI is InChI=1S/C5H12O/c1-4-5(2)6-3/h5H,4H2,1-3H3/t5-/m0/s1. The van der Waals surface area contributed by atoms with Gasteiger partial charge in [0, 0.05) is 7.11 Å². The summed E-state index contributed by atoms with van der Waals surface area (Å²) in [5, 5.41) is 0. The van der Waals surface area contributed by atoms with Crippen molar-refractivity contribution in [3.8, 4) is 0 Å². The molecule has 0 aliphatic carbocycles. The van der Waals surface area contributed by atoms with E-state index in [-0.39, 0.29) is 0 Å². The number of ether oxygens (including phenoxy) is 1. The van der Waals surface area contributed by atoms with Crippen LogP contribution in [0.5, 0.6) is 0 Å². The summed E-state index contributed by atoms with van der Waals surface area (Å²) in [5.41, 5.74) is 0. The molecule has 0 radical (unpaired) electrons. The molecule has 0 aromatic carbocycles. The van der Waals surface area contributed by atoms with Crippen LogP contribution in [0.1, 0.15) is 20.3 Å². The van der Waals surface area contributed by atoms with E-state index in [4.69, 9.17) is 4.74 Å². The van der Waals surface area contributed by atoms with Gasteiger partial charge in [0.2, 0.25) is 0 Å². The van der Waals surface area contributed by atoms with E-state index in [2.05, 4.69) is 13.8 Å². The molecule has 0 aliphatic heterocycles. The molecule has 0 aromatic heterocycles. The van der Waals surface area contributed by atoms with Gasteiger partial charge in [0.1, 0.15) is 0 Å². The predicted molar refractivity (Wildman–Crippen MR) is 26.8 cm³/mol. The third-order valence-corrected chi connectivity index (χ3v) is 0.977. The van der Waals surface area contributed by atoms with Gasteiger partial charge in [0.15, 0.2) is 0 Å². The molecule has 0 saturated heterocycles. The SMILES string of the molecule is CC[C@H](C)OC. The number of methoxy groups -OCH3 is 1. The maximum Gasteiger partial charge on any atom is 0.0540 e. The zero-order chi connectivity index (χ0) is 4.99. The van der Waals surface area contributed by atoms with Crippen molar-refractivity contribution in [2.24, 2.45) is 0 Å². The zero-order valence-corrected chi connectivity index (χ0v) is 4.69. The van der Waals surface area contributed by atoms with Crippen molar-refractivity contribution in [1.82, 2.24) is 0 Å². The lowest BCUT2D eigenvalue weighted by atomic mass is 10.3. The second-order valence-corrected chi connectivity index (χ2v) is 1.45. The van der Waals surface area contributed by atoms with Crippen molar-refractivity contribution >= 4 is 0 Å². The van der Waals surface area contributed by atoms with Crippen LogP contribution in [-0.4, -0.2) is 13.2 Å². The zero-order valence-electron chi connectivity index (χ0n) is 4.69. The van der Waals surface area contributed by atoms with E-state index in [1.807, 2.05) is 0 Å². The second kappa shape index (κ2) is 3.16. The molecule has 0 N–H and O–H groups in total. The van der Waals surface area contributed by atoms with Crippen LogP contribution in [0.2, 0.25) is 0 Å². The molecule has 0 aliphatic rings. The van der Waals surface area contributed by atoms with E-state index in [0.717, 1.165) is 6.42 Å². The van der Waals surface area contributed by atoms with Crippen molar-refractivity contribution in [1.29, 1.82) is 0 Å². The fourth-order valence-corrected chi connectivity index (χ4v) is 0.167. The minimum atomic E-state index is 0.435. The lowest BCUT2D eigenvalue weighted by Crippen LogP contribution is -2.00. The molecule has 0 amide bonds. The third-order valence-electron chi connectivity index (χ3n) is 0.977. The van der Waals surface area contributed by atoms with Gasteiger partial charge in [-0.2, -0.15) is 0 Å². The Morgan fingerprint density at radius 2 is 2.17 bits per heavy atom. The molecule has 0 bridgehead atoms.